The van der Waals surface area contributed by atoms with Crippen LogP contribution in [0, 0.1) is 0 Å². The van der Waals surface area contributed by atoms with E-state index in [1.807, 2.05) is 54.9 Å². The Kier molecular flexibility index (Phi) is 8.48. The number of aromatic nitrogens is 5. The monoisotopic (exact) mass is 444 g/mol. The minimum Gasteiger partial charge on any atom is -0.476 e. The van der Waals surface area contributed by atoms with Crippen LogP contribution < -0.4 is 10.1 Å². The van der Waals surface area contributed by atoms with Gasteiger partial charge in [-0.05, 0) is 19.4 Å². The zero-order chi connectivity index (χ0) is 22.1. The first-order chi connectivity index (χ1) is 15.2. The van der Waals surface area contributed by atoms with Crippen LogP contribution in [0.15, 0.2) is 41.7 Å². The van der Waals surface area contributed by atoms with Crippen LogP contribution in [0.1, 0.15) is 19.4 Å². The number of aryl methyl sites for hydroxylation is 1. The van der Waals surface area contributed by atoms with Crippen molar-refractivity contribution in [1.82, 2.24) is 29.9 Å². The normalized spacial score (nSPS) is 10.9. The summed E-state index contributed by atoms with van der Waals surface area (Å²) in [5.74, 6) is 1.34. The lowest BCUT2D eigenvalue weighted by Crippen LogP contribution is -2.24. The summed E-state index contributed by atoms with van der Waals surface area (Å²) in [5.41, 5.74) is 1.83. The molecule has 0 bridgehead atoms. The van der Waals surface area contributed by atoms with Crippen LogP contribution in [0.4, 0.5) is 0 Å². The molecule has 31 heavy (non-hydrogen) atoms. The first-order valence-electron chi connectivity index (χ1n) is 10.2. The molecule has 10 heteroatoms. The minimum absolute atomic E-state index is 0.0643. The molecule has 3 rings (SSSR count). The predicted octanol–water partition coefficient (Wildman–Crippen LogP) is 2.62. The first-order valence-corrected chi connectivity index (χ1v) is 11.2. The van der Waals surface area contributed by atoms with Crippen LogP contribution >= 0.6 is 11.8 Å². The SMILES string of the molecule is CCOc1nn(CC)cc1-c1nnc(SCC(=O)NCc2ccccc2)n1CCOC. The van der Waals surface area contributed by atoms with Gasteiger partial charge in [-0.15, -0.1) is 15.3 Å². The van der Waals surface area contributed by atoms with E-state index in [0.29, 0.717) is 43.2 Å². The second kappa shape index (κ2) is 11.5. The van der Waals surface area contributed by atoms with Gasteiger partial charge in [-0.1, -0.05) is 42.1 Å². The third-order valence-electron chi connectivity index (χ3n) is 4.47. The van der Waals surface area contributed by atoms with Crippen molar-refractivity contribution in [2.75, 3.05) is 26.1 Å². The molecule has 0 radical (unpaired) electrons. The lowest BCUT2D eigenvalue weighted by Gasteiger charge is -2.10. The van der Waals surface area contributed by atoms with E-state index in [-0.39, 0.29) is 11.7 Å². The Morgan fingerprint density at radius 1 is 1.19 bits per heavy atom. The highest BCUT2D eigenvalue weighted by molar-refractivity contribution is 7.99. The topological polar surface area (TPSA) is 96.1 Å². The van der Waals surface area contributed by atoms with Crippen molar-refractivity contribution in [3.05, 3.63) is 42.1 Å². The van der Waals surface area contributed by atoms with Gasteiger partial charge in [-0.3, -0.25) is 14.0 Å². The van der Waals surface area contributed by atoms with Crippen molar-refractivity contribution in [1.29, 1.82) is 0 Å². The van der Waals surface area contributed by atoms with E-state index in [1.165, 1.54) is 11.8 Å². The number of nitrogens with zero attached hydrogens (tertiary/aromatic N) is 5. The summed E-state index contributed by atoms with van der Waals surface area (Å²) < 4.78 is 14.7. The molecule has 0 aliphatic rings. The molecule has 1 amide bonds. The van der Waals surface area contributed by atoms with Crippen LogP contribution in [0.5, 0.6) is 5.88 Å². The summed E-state index contributed by atoms with van der Waals surface area (Å²) in [4.78, 5) is 12.3. The molecule has 2 heterocycles. The van der Waals surface area contributed by atoms with E-state index in [9.17, 15) is 4.79 Å². The maximum atomic E-state index is 12.3. The molecule has 0 fully saturated rings. The molecule has 0 unspecified atom stereocenters. The van der Waals surface area contributed by atoms with Crippen molar-refractivity contribution < 1.29 is 14.3 Å². The van der Waals surface area contributed by atoms with Crippen LogP contribution in [0.25, 0.3) is 11.4 Å². The van der Waals surface area contributed by atoms with E-state index < -0.39 is 0 Å². The quantitative estimate of drug-likeness (QED) is 0.429. The largest absolute Gasteiger partial charge is 0.476 e. The number of ether oxygens (including phenoxy) is 2. The lowest BCUT2D eigenvalue weighted by atomic mass is 10.2. The van der Waals surface area contributed by atoms with E-state index >= 15 is 0 Å². The van der Waals surface area contributed by atoms with Gasteiger partial charge in [0.2, 0.25) is 11.8 Å². The highest BCUT2D eigenvalue weighted by atomic mass is 32.2. The molecule has 0 atom stereocenters. The fourth-order valence-electron chi connectivity index (χ4n) is 2.92. The zero-order valence-electron chi connectivity index (χ0n) is 18.1. The average Bonchev–Trinajstić information content (AvgIpc) is 3.39. The van der Waals surface area contributed by atoms with Gasteiger partial charge in [-0.2, -0.15) is 0 Å². The smallest absolute Gasteiger partial charge is 0.243 e. The summed E-state index contributed by atoms with van der Waals surface area (Å²) in [5, 5.41) is 16.7. The standard InChI is InChI=1S/C21H28N6O3S/c1-4-26-14-17(20(25-26)30-5-2)19-23-24-21(27(19)11-12-29-3)31-15-18(28)22-13-16-9-7-6-8-10-16/h6-10,14H,4-5,11-13,15H2,1-3H3,(H,22,28). The molecular formula is C21H28N6O3S. The van der Waals surface area contributed by atoms with Crippen molar-refractivity contribution in [2.45, 2.75) is 38.6 Å². The molecular weight excluding hydrogens is 416 g/mol. The summed E-state index contributed by atoms with van der Waals surface area (Å²) in [7, 11) is 1.65. The molecule has 0 aliphatic heterocycles. The predicted molar refractivity (Wildman–Crippen MR) is 119 cm³/mol. The molecule has 0 aliphatic carbocycles. The van der Waals surface area contributed by atoms with Crippen molar-refractivity contribution in [3.63, 3.8) is 0 Å². The number of amides is 1. The molecule has 0 spiro atoms. The first kappa shape index (κ1) is 22.8. The Morgan fingerprint density at radius 3 is 2.71 bits per heavy atom. The van der Waals surface area contributed by atoms with Gasteiger partial charge < -0.3 is 14.8 Å². The molecule has 0 saturated heterocycles. The van der Waals surface area contributed by atoms with E-state index in [2.05, 4.69) is 20.6 Å². The summed E-state index contributed by atoms with van der Waals surface area (Å²) in [6.45, 7) is 6.69. The Morgan fingerprint density at radius 2 is 2.00 bits per heavy atom. The number of hydrogen-bond donors (Lipinski definition) is 1. The van der Waals surface area contributed by atoms with E-state index in [4.69, 9.17) is 9.47 Å². The maximum Gasteiger partial charge on any atom is 0.243 e. The van der Waals surface area contributed by atoms with Crippen molar-refractivity contribution in [3.8, 4) is 17.3 Å². The number of carbonyl (C=O) groups is 1. The van der Waals surface area contributed by atoms with Crippen LogP contribution in [0.3, 0.4) is 0 Å². The number of methoxy groups -OCH3 is 1. The molecule has 166 valence electrons. The maximum absolute atomic E-state index is 12.3. The molecule has 3 aromatic rings. The average molecular weight is 445 g/mol. The Hall–Kier alpha value is -2.85. The summed E-state index contributed by atoms with van der Waals surface area (Å²) in [6.07, 6.45) is 1.90. The van der Waals surface area contributed by atoms with Crippen molar-refractivity contribution >= 4 is 17.7 Å². The van der Waals surface area contributed by atoms with Crippen LogP contribution in [0.2, 0.25) is 0 Å². The minimum atomic E-state index is -0.0643. The van der Waals surface area contributed by atoms with E-state index in [0.717, 1.165) is 17.7 Å². The fraction of sp³-hybridized carbons (Fsp3) is 0.429. The number of carbonyl (C=O) groups excluding carboxylic acids is 1. The molecule has 2 aromatic heterocycles. The van der Waals surface area contributed by atoms with Crippen molar-refractivity contribution in [2.24, 2.45) is 0 Å². The summed E-state index contributed by atoms with van der Waals surface area (Å²) >= 11 is 1.34. The highest BCUT2D eigenvalue weighted by Gasteiger charge is 2.21. The number of thioether (sulfide) groups is 1. The zero-order valence-corrected chi connectivity index (χ0v) is 18.9. The Labute approximate surface area is 186 Å². The van der Waals surface area contributed by atoms with Gasteiger partial charge in [0, 0.05) is 26.4 Å². The second-order valence-electron chi connectivity index (χ2n) is 6.64. The highest BCUT2D eigenvalue weighted by Crippen LogP contribution is 2.30. The number of benzene rings is 1. The Balaban J connectivity index is 1.73. The van der Waals surface area contributed by atoms with Gasteiger partial charge >= 0.3 is 0 Å². The fourth-order valence-corrected chi connectivity index (χ4v) is 3.71. The lowest BCUT2D eigenvalue weighted by molar-refractivity contribution is -0.118. The van der Waals surface area contributed by atoms with Gasteiger partial charge in [-0.25, -0.2) is 0 Å². The number of hydrogen-bond acceptors (Lipinski definition) is 7. The Bertz CT molecular complexity index is 973. The van der Waals surface area contributed by atoms with Gasteiger partial charge in [0.05, 0.1) is 25.5 Å². The second-order valence-corrected chi connectivity index (χ2v) is 7.58. The van der Waals surface area contributed by atoms with Crippen LogP contribution in [-0.2, 0) is 29.2 Å². The molecule has 1 N–H and O–H groups in total. The van der Waals surface area contributed by atoms with Gasteiger partial charge in [0.1, 0.15) is 5.56 Å². The third kappa shape index (κ3) is 6.08. The summed E-state index contributed by atoms with van der Waals surface area (Å²) in [6, 6.07) is 9.81. The van der Waals surface area contributed by atoms with E-state index in [1.54, 1.807) is 11.8 Å². The van der Waals surface area contributed by atoms with Crippen LogP contribution in [-0.4, -0.2) is 56.5 Å². The van der Waals surface area contributed by atoms with Gasteiger partial charge in [0.15, 0.2) is 11.0 Å². The third-order valence-corrected chi connectivity index (χ3v) is 5.44. The van der Waals surface area contributed by atoms with Gasteiger partial charge in [0.25, 0.3) is 0 Å². The number of rotatable bonds is 12. The number of nitrogens with one attached hydrogen (secondary N) is 1. The molecule has 9 nitrogen and oxygen atoms in total. The molecule has 1 aromatic carbocycles. The molecule has 0 saturated carbocycles.